The number of aromatic hydroxyl groups is 1. The molecule has 0 fully saturated rings. The van der Waals surface area contributed by atoms with Crippen molar-refractivity contribution in [1.82, 2.24) is 5.01 Å². The van der Waals surface area contributed by atoms with Gasteiger partial charge in [-0.25, -0.2) is 5.01 Å². The van der Waals surface area contributed by atoms with E-state index < -0.39 is 6.23 Å². The lowest BCUT2D eigenvalue weighted by Gasteiger charge is -2.38. The molecule has 6 nitrogen and oxygen atoms in total. The van der Waals surface area contributed by atoms with E-state index >= 15 is 0 Å². The van der Waals surface area contributed by atoms with Gasteiger partial charge in [0.2, 0.25) is 6.23 Å². The van der Waals surface area contributed by atoms with Crippen molar-refractivity contribution in [2.24, 2.45) is 5.10 Å². The lowest BCUT2D eigenvalue weighted by molar-refractivity contribution is -0.0191. The molecule has 3 aromatic rings. The minimum atomic E-state index is -0.423. The normalized spacial score (nSPS) is 19.2. The average molecular weight is 416 g/mol. The summed E-state index contributed by atoms with van der Waals surface area (Å²) in [6.07, 6.45) is 0.260. The van der Waals surface area contributed by atoms with E-state index in [1.54, 1.807) is 13.2 Å². The second-order valence-corrected chi connectivity index (χ2v) is 7.52. The number of hydrogen-bond donors (Lipinski definition) is 1. The molecule has 1 N–H and O–H groups in total. The lowest BCUT2D eigenvalue weighted by Crippen LogP contribution is -2.33. The number of nitrogens with zero attached hydrogens (tertiary/aromatic N) is 2. The van der Waals surface area contributed by atoms with E-state index in [0.29, 0.717) is 24.5 Å². The van der Waals surface area contributed by atoms with Gasteiger partial charge in [0.1, 0.15) is 11.5 Å². The summed E-state index contributed by atoms with van der Waals surface area (Å²) in [5.41, 5.74) is 3.59. The predicted octanol–water partition coefficient (Wildman–Crippen LogP) is 5.04. The van der Waals surface area contributed by atoms with Crippen molar-refractivity contribution in [3.63, 3.8) is 0 Å². The van der Waals surface area contributed by atoms with Crippen LogP contribution in [-0.4, -0.2) is 29.5 Å². The molecule has 6 heteroatoms. The number of para-hydroxylation sites is 2. The van der Waals surface area contributed by atoms with Gasteiger partial charge in [-0.1, -0.05) is 30.3 Å². The van der Waals surface area contributed by atoms with Crippen LogP contribution in [0, 0.1) is 0 Å². The Hall–Kier alpha value is -3.67. The van der Waals surface area contributed by atoms with E-state index in [4.69, 9.17) is 19.3 Å². The Kier molecular flexibility index (Phi) is 4.90. The molecule has 0 aromatic heterocycles. The predicted molar refractivity (Wildman–Crippen MR) is 118 cm³/mol. The fraction of sp³-hybridized carbons (Fsp3) is 0.240. The number of methoxy groups -OCH3 is 1. The third-order valence-electron chi connectivity index (χ3n) is 5.69. The van der Waals surface area contributed by atoms with Gasteiger partial charge in [-0.2, -0.15) is 5.10 Å². The number of ether oxygens (including phenoxy) is 3. The van der Waals surface area contributed by atoms with Crippen molar-refractivity contribution in [3.05, 3.63) is 83.4 Å². The first-order chi connectivity index (χ1) is 15.2. The second kappa shape index (κ2) is 7.87. The molecule has 158 valence electrons. The standard InChI is InChI=1S/C25H24N2O4/c1-3-30-23-13-12-16(14-24(23)29-2)25-27-20(18-9-5-7-11-22(18)31-25)15-19(26-27)17-8-4-6-10-21(17)28/h4-14,20,25,28H,3,15H2,1-2H3/t20-,25-/m0/s1. The molecule has 2 aliphatic heterocycles. The number of hydrogen-bond acceptors (Lipinski definition) is 6. The van der Waals surface area contributed by atoms with E-state index in [0.717, 1.165) is 28.2 Å². The van der Waals surface area contributed by atoms with E-state index in [-0.39, 0.29) is 11.8 Å². The maximum absolute atomic E-state index is 10.4. The summed E-state index contributed by atoms with van der Waals surface area (Å²) in [5.74, 6) is 2.42. The smallest absolute Gasteiger partial charge is 0.214 e. The summed E-state index contributed by atoms with van der Waals surface area (Å²) in [6, 6.07) is 21.2. The van der Waals surface area contributed by atoms with Crippen molar-refractivity contribution in [3.8, 4) is 23.0 Å². The highest BCUT2D eigenvalue weighted by molar-refractivity contribution is 6.04. The number of fused-ring (bicyclic) bond motifs is 3. The van der Waals surface area contributed by atoms with Crippen LogP contribution < -0.4 is 14.2 Å². The first kappa shape index (κ1) is 19.3. The summed E-state index contributed by atoms with van der Waals surface area (Å²) in [6.45, 7) is 2.50. The third kappa shape index (κ3) is 3.34. The Bertz CT molecular complexity index is 1140. The summed E-state index contributed by atoms with van der Waals surface area (Å²) in [7, 11) is 1.63. The van der Waals surface area contributed by atoms with Crippen molar-refractivity contribution < 1.29 is 19.3 Å². The van der Waals surface area contributed by atoms with E-state index in [1.165, 1.54) is 0 Å². The van der Waals surface area contributed by atoms with Crippen LogP contribution in [0.25, 0.3) is 0 Å². The number of phenols is 1. The van der Waals surface area contributed by atoms with Crippen molar-refractivity contribution >= 4 is 5.71 Å². The maximum atomic E-state index is 10.4. The molecule has 0 spiro atoms. The molecule has 0 bridgehead atoms. The van der Waals surface area contributed by atoms with Gasteiger partial charge >= 0.3 is 0 Å². The Morgan fingerprint density at radius 1 is 1.06 bits per heavy atom. The van der Waals surface area contributed by atoms with Gasteiger partial charge in [-0.15, -0.1) is 0 Å². The van der Waals surface area contributed by atoms with Gasteiger partial charge in [0.05, 0.1) is 25.5 Å². The molecular weight excluding hydrogens is 392 g/mol. The molecule has 2 aliphatic rings. The van der Waals surface area contributed by atoms with Crippen LogP contribution in [0.2, 0.25) is 0 Å². The zero-order valence-electron chi connectivity index (χ0n) is 17.5. The molecule has 5 rings (SSSR count). The van der Waals surface area contributed by atoms with Gasteiger partial charge < -0.3 is 19.3 Å². The highest BCUT2D eigenvalue weighted by Gasteiger charge is 2.41. The Morgan fingerprint density at radius 3 is 2.68 bits per heavy atom. The molecule has 3 aromatic carbocycles. The Morgan fingerprint density at radius 2 is 1.87 bits per heavy atom. The van der Waals surface area contributed by atoms with Crippen LogP contribution in [0.4, 0.5) is 0 Å². The van der Waals surface area contributed by atoms with Crippen LogP contribution in [0.3, 0.4) is 0 Å². The molecule has 0 unspecified atom stereocenters. The zero-order chi connectivity index (χ0) is 21.4. The van der Waals surface area contributed by atoms with E-state index in [1.807, 2.05) is 66.5 Å². The van der Waals surface area contributed by atoms with Gasteiger partial charge in [0.25, 0.3) is 0 Å². The van der Waals surface area contributed by atoms with Crippen molar-refractivity contribution in [1.29, 1.82) is 0 Å². The second-order valence-electron chi connectivity index (χ2n) is 7.52. The highest BCUT2D eigenvalue weighted by Crippen LogP contribution is 2.48. The monoisotopic (exact) mass is 416 g/mol. The minimum Gasteiger partial charge on any atom is -0.507 e. The lowest BCUT2D eigenvalue weighted by atomic mass is 9.95. The Labute approximate surface area is 181 Å². The Balaban J connectivity index is 1.58. The third-order valence-corrected chi connectivity index (χ3v) is 5.69. The van der Waals surface area contributed by atoms with Gasteiger partial charge in [-0.05, 0) is 43.3 Å². The van der Waals surface area contributed by atoms with Crippen LogP contribution in [0.1, 0.15) is 42.3 Å². The first-order valence-electron chi connectivity index (χ1n) is 10.4. The number of phenolic OH excluding ortho intramolecular Hbond substituents is 1. The quantitative estimate of drug-likeness (QED) is 0.631. The summed E-state index contributed by atoms with van der Waals surface area (Å²) >= 11 is 0. The van der Waals surface area contributed by atoms with Crippen molar-refractivity contribution in [2.75, 3.05) is 13.7 Å². The van der Waals surface area contributed by atoms with Gasteiger partial charge in [-0.3, -0.25) is 0 Å². The highest BCUT2D eigenvalue weighted by atomic mass is 16.5. The maximum Gasteiger partial charge on any atom is 0.214 e. The van der Waals surface area contributed by atoms with Crippen LogP contribution in [0.5, 0.6) is 23.0 Å². The molecule has 0 aliphatic carbocycles. The summed E-state index contributed by atoms with van der Waals surface area (Å²) in [5, 5.41) is 17.3. The zero-order valence-corrected chi connectivity index (χ0v) is 17.5. The number of benzene rings is 3. The number of hydrazone groups is 1. The molecule has 0 radical (unpaired) electrons. The fourth-order valence-corrected chi connectivity index (χ4v) is 4.25. The topological polar surface area (TPSA) is 63.5 Å². The molecular formula is C25H24N2O4. The average Bonchev–Trinajstić information content (AvgIpc) is 3.25. The molecule has 31 heavy (non-hydrogen) atoms. The molecule has 0 saturated carbocycles. The van der Waals surface area contributed by atoms with E-state index in [2.05, 4.69) is 6.07 Å². The summed E-state index contributed by atoms with van der Waals surface area (Å²) < 4.78 is 17.6. The largest absolute Gasteiger partial charge is 0.507 e. The minimum absolute atomic E-state index is 0.0159. The van der Waals surface area contributed by atoms with Gasteiger partial charge in [0.15, 0.2) is 11.5 Å². The molecule has 2 heterocycles. The SMILES string of the molecule is CCOc1ccc([C@@H]2Oc3ccccc3[C@@H]3CC(c4ccccc4O)=NN32)cc1OC. The number of rotatable bonds is 5. The molecule has 2 atom stereocenters. The fourth-order valence-electron chi connectivity index (χ4n) is 4.25. The molecule has 0 saturated heterocycles. The van der Waals surface area contributed by atoms with Crippen LogP contribution in [-0.2, 0) is 0 Å². The van der Waals surface area contributed by atoms with Crippen LogP contribution in [0.15, 0.2) is 71.8 Å². The van der Waals surface area contributed by atoms with Gasteiger partial charge in [0, 0.05) is 23.1 Å². The van der Waals surface area contributed by atoms with E-state index in [9.17, 15) is 5.11 Å². The summed E-state index contributed by atoms with van der Waals surface area (Å²) in [4.78, 5) is 0. The van der Waals surface area contributed by atoms with Crippen molar-refractivity contribution in [2.45, 2.75) is 25.6 Å². The van der Waals surface area contributed by atoms with Crippen LogP contribution >= 0.6 is 0 Å². The first-order valence-corrected chi connectivity index (χ1v) is 10.4. The molecule has 0 amide bonds.